The standard InChI is InChI=1S/C10H6F6O2/c1-18-8-5(4-17)6(9(11,12)13)2-3-7(8)10(14,15)16/h2-4H,1H3. The number of halogens is 6. The van der Waals surface area contributed by atoms with Gasteiger partial charge in [-0.15, -0.1) is 0 Å². The number of rotatable bonds is 2. The Bertz CT molecular complexity index is 461. The first-order valence-corrected chi connectivity index (χ1v) is 4.43. The number of benzene rings is 1. The fraction of sp³-hybridized carbons (Fsp3) is 0.300. The molecule has 0 bridgehead atoms. The van der Waals surface area contributed by atoms with Gasteiger partial charge in [0.15, 0.2) is 6.29 Å². The summed E-state index contributed by atoms with van der Waals surface area (Å²) >= 11 is 0. The zero-order chi connectivity index (χ0) is 14.1. The summed E-state index contributed by atoms with van der Waals surface area (Å²) in [5.74, 6) is -1.13. The van der Waals surface area contributed by atoms with Gasteiger partial charge in [0.25, 0.3) is 0 Å². The van der Waals surface area contributed by atoms with Gasteiger partial charge in [0.1, 0.15) is 5.75 Å². The predicted molar refractivity (Wildman–Crippen MR) is 48.4 cm³/mol. The summed E-state index contributed by atoms with van der Waals surface area (Å²) in [4.78, 5) is 10.6. The van der Waals surface area contributed by atoms with Crippen molar-refractivity contribution in [1.29, 1.82) is 0 Å². The fourth-order valence-corrected chi connectivity index (χ4v) is 1.41. The molecule has 0 aromatic heterocycles. The van der Waals surface area contributed by atoms with Crippen LogP contribution in [0.1, 0.15) is 21.5 Å². The van der Waals surface area contributed by atoms with E-state index in [1.54, 1.807) is 0 Å². The molecule has 1 rings (SSSR count). The van der Waals surface area contributed by atoms with E-state index in [2.05, 4.69) is 4.74 Å². The molecular formula is C10H6F6O2. The van der Waals surface area contributed by atoms with Crippen LogP contribution in [0.25, 0.3) is 0 Å². The second kappa shape index (κ2) is 4.51. The Morgan fingerprint density at radius 2 is 1.44 bits per heavy atom. The highest BCUT2D eigenvalue weighted by Gasteiger charge is 2.40. The number of aldehydes is 1. The van der Waals surface area contributed by atoms with Gasteiger partial charge >= 0.3 is 12.4 Å². The number of hydrogen-bond donors (Lipinski definition) is 0. The first-order valence-electron chi connectivity index (χ1n) is 4.43. The zero-order valence-corrected chi connectivity index (χ0v) is 8.82. The van der Waals surface area contributed by atoms with Gasteiger partial charge in [-0.05, 0) is 12.1 Å². The molecule has 0 heterocycles. The van der Waals surface area contributed by atoms with Crippen LogP contribution in [-0.4, -0.2) is 13.4 Å². The highest BCUT2D eigenvalue weighted by atomic mass is 19.4. The largest absolute Gasteiger partial charge is 0.495 e. The molecule has 0 aliphatic heterocycles. The van der Waals surface area contributed by atoms with Crippen LogP contribution >= 0.6 is 0 Å². The van der Waals surface area contributed by atoms with Crippen LogP contribution in [0.15, 0.2) is 12.1 Å². The van der Waals surface area contributed by atoms with Crippen LogP contribution < -0.4 is 4.74 Å². The zero-order valence-electron chi connectivity index (χ0n) is 8.82. The van der Waals surface area contributed by atoms with Crippen LogP contribution in [0.2, 0.25) is 0 Å². The summed E-state index contributed by atoms with van der Waals surface area (Å²) in [5, 5.41) is 0. The SMILES string of the molecule is COc1c(C(F)(F)F)ccc(C(F)(F)F)c1C=O. The van der Waals surface area contributed by atoms with Gasteiger partial charge in [0.2, 0.25) is 0 Å². The molecule has 0 radical (unpaired) electrons. The van der Waals surface area contributed by atoms with E-state index in [-0.39, 0.29) is 18.4 Å². The van der Waals surface area contributed by atoms with Crippen LogP contribution in [0.3, 0.4) is 0 Å². The molecule has 100 valence electrons. The minimum Gasteiger partial charge on any atom is -0.495 e. The monoisotopic (exact) mass is 272 g/mol. The van der Waals surface area contributed by atoms with Crippen molar-refractivity contribution in [2.75, 3.05) is 7.11 Å². The smallest absolute Gasteiger partial charge is 0.419 e. The second-order valence-corrected chi connectivity index (χ2v) is 3.22. The van der Waals surface area contributed by atoms with Crippen molar-refractivity contribution in [3.8, 4) is 5.75 Å². The van der Waals surface area contributed by atoms with E-state index in [1.807, 2.05) is 0 Å². The molecule has 1 aromatic carbocycles. The lowest BCUT2D eigenvalue weighted by Crippen LogP contribution is -2.15. The lowest BCUT2D eigenvalue weighted by Gasteiger charge is -2.17. The summed E-state index contributed by atoms with van der Waals surface area (Å²) in [5.41, 5.74) is -4.07. The van der Waals surface area contributed by atoms with E-state index in [1.165, 1.54) is 0 Å². The number of methoxy groups -OCH3 is 1. The van der Waals surface area contributed by atoms with E-state index in [0.29, 0.717) is 0 Å². The maximum Gasteiger partial charge on any atom is 0.419 e. The number of ether oxygens (including phenoxy) is 1. The summed E-state index contributed by atoms with van der Waals surface area (Å²) < 4.78 is 79.2. The van der Waals surface area contributed by atoms with Gasteiger partial charge in [-0.3, -0.25) is 4.79 Å². The van der Waals surface area contributed by atoms with E-state index in [9.17, 15) is 31.1 Å². The first-order chi connectivity index (χ1) is 8.12. The Labute approximate surface area is 97.2 Å². The van der Waals surface area contributed by atoms with Crippen molar-refractivity contribution in [2.45, 2.75) is 12.4 Å². The van der Waals surface area contributed by atoms with Crippen molar-refractivity contribution >= 4 is 6.29 Å². The normalized spacial score (nSPS) is 12.4. The Kier molecular flexibility index (Phi) is 3.59. The topological polar surface area (TPSA) is 26.3 Å². The molecule has 0 saturated carbocycles. The van der Waals surface area contributed by atoms with E-state index < -0.39 is 34.8 Å². The number of carbonyl (C=O) groups is 1. The summed E-state index contributed by atoms with van der Waals surface area (Å²) in [7, 11) is 0.762. The molecule has 0 N–H and O–H groups in total. The van der Waals surface area contributed by atoms with Crippen molar-refractivity contribution in [2.24, 2.45) is 0 Å². The van der Waals surface area contributed by atoms with Crippen LogP contribution in [-0.2, 0) is 12.4 Å². The number of carbonyl (C=O) groups excluding carboxylic acids is 1. The maximum absolute atomic E-state index is 12.5. The van der Waals surface area contributed by atoms with Gasteiger partial charge < -0.3 is 4.74 Å². The molecule has 0 aliphatic carbocycles. The third-order valence-corrected chi connectivity index (χ3v) is 2.13. The molecule has 18 heavy (non-hydrogen) atoms. The molecule has 0 spiro atoms. The van der Waals surface area contributed by atoms with Gasteiger partial charge in [0.05, 0.1) is 23.8 Å². The number of hydrogen-bond acceptors (Lipinski definition) is 2. The van der Waals surface area contributed by atoms with Gasteiger partial charge in [0, 0.05) is 0 Å². The Hall–Kier alpha value is -1.73. The highest BCUT2D eigenvalue weighted by Crippen LogP contribution is 2.42. The quantitative estimate of drug-likeness (QED) is 0.608. The molecule has 0 atom stereocenters. The lowest BCUT2D eigenvalue weighted by atomic mass is 10.0. The minimum absolute atomic E-state index is 0.203. The van der Waals surface area contributed by atoms with Crippen molar-refractivity contribution < 1.29 is 35.9 Å². The first kappa shape index (κ1) is 14.3. The Morgan fingerprint density at radius 1 is 1.00 bits per heavy atom. The Morgan fingerprint density at radius 3 is 1.78 bits per heavy atom. The van der Waals surface area contributed by atoms with Crippen LogP contribution in [0, 0.1) is 0 Å². The molecule has 0 saturated heterocycles. The van der Waals surface area contributed by atoms with Crippen LogP contribution in [0.4, 0.5) is 26.3 Å². The van der Waals surface area contributed by atoms with Gasteiger partial charge in [-0.2, -0.15) is 26.3 Å². The Balaban J connectivity index is 3.62. The minimum atomic E-state index is -4.94. The predicted octanol–water partition coefficient (Wildman–Crippen LogP) is 3.55. The molecule has 1 aromatic rings. The molecule has 2 nitrogen and oxygen atoms in total. The van der Waals surface area contributed by atoms with Gasteiger partial charge in [-0.1, -0.05) is 0 Å². The summed E-state index contributed by atoms with van der Waals surface area (Å²) in [6.07, 6.45) is -10.2. The lowest BCUT2D eigenvalue weighted by molar-refractivity contribution is -0.142. The third-order valence-electron chi connectivity index (χ3n) is 2.13. The van der Waals surface area contributed by atoms with Crippen LogP contribution in [0.5, 0.6) is 5.75 Å². The second-order valence-electron chi connectivity index (χ2n) is 3.22. The van der Waals surface area contributed by atoms with E-state index in [4.69, 9.17) is 0 Å². The van der Waals surface area contributed by atoms with E-state index >= 15 is 0 Å². The van der Waals surface area contributed by atoms with Crippen molar-refractivity contribution in [1.82, 2.24) is 0 Å². The summed E-state index contributed by atoms with van der Waals surface area (Å²) in [6, 6.07) is 0.434. The highest BCUT2D eigenvalue weighted by molar-refractivity contribution is 5.83. The van der Waals surface area contributed by atoms with Crippen molar-refractivity contribution in [3.05, 3.63) is 28.8 Å². The molecule has 8 heteroatoms. The van der Waals surface area contributed by atoms with Crippen molar-refractivity contribution in [3.63, 3.8) is 0 Å². The fourth-order valence-electron chi connectivity index (χ4n) is 1.41. The summed E-state index contributed by atoms with van der Waals surface area (Å²) in [6.45, 7) is 0. The molecular weight excluding hydrogens is 266 g/mol. The average molecular weight is 272 g/mol. The third kappa shape index (κ3) is 2.57. The molecule has 0 unspecified atom stereocenters. The average Bonchev–Trinajstić information content (AvgIpc) is 2.24. The molecule has 0 amide bonds. The van der Waals surface area contributed by atoms with E-state index in [0.717, 1.165) is 7.11 Å². The van der Waals surface area contributed by atoms with Gasteiger partial charge in [-0.25, -0.2) is 0 Å². The molecule has 0 fully saturated rings. The molecule has 0 aliphatic rings. The maximum atomic E-state index is 12.5. The number of alkyl halides is 6.